The Morgan fingerprint density at radius 2 is 2.06 bits per heavy atom. The van der Waals surface area contributed by atoms with E-state index in [4.69, 9.17) is 0 Å². The molecule has 0 aromatic heterocycles. The summed E-state index contributed by atoms with van der Waals surface area (Å²) in [4.78, 5) is 0. The van der Waals surface area contributed by atoms with E-state index in [2.05, 4.69) is 5.32 Å². The van der Waals surface area contributed by atoms with E-state index in [1.165, 1.54) is 18.4 Å². The Morgan fingerprint density at radius 3 is 2.56 bits per heavy atom. The van der Waals surface area contributed by atoms with Gasteiger partial charge in [0, 0.05) is 12.3 Å². The van der Waals surface area contributed by atoms with E-state index in [1.807, 2.05) is 6.92 Å². The summed E-state index contributed by atoms with van der Waals surface area (Å²) >= 11 is 0. The summed E-state index contributed by atoms with van der Waals surface area (Å²) < 4.78 is 36.6. The lowest BCUT2D eigenvalue weighted by molar-refractivity contribution is 0.497. The molecule has 1 N–H and O–H groups in total. The van der Waals surface area contributed by atoms with Crippen molar-refractivity contribution in [1.82, 2.24) is 5.32 Å². The van der Waals surface area contributed by atoms with E-state index in [9.17, 15) is 12.8 Å². The molecule has 0 aliphatic heterocycles. The number of benzene rings is 1. The molecule has 0 bridgehead atoms. The average Bonchev–Trinajstić information content (AvgIpc) is 2.28. The van der Waals surface area contributed by atoms with Gasteiger partial charge in [-0.15, -0.1) is 0 Å². The monoisotopic (exact) mass is 273 g/mol. The number of hydrogen-bond donors (Lipinski definition) is 1. The average molecular weight is 273 g/mol. The summed E-state index contributed by atoms with van der Waals surface area (Å²) in [6.07, 6.45) is 2.10. The van der Waals surface area contributed by atoms with E-state index in [0.717, 1.165) is 6.42 Å². The molecule has 5 heteroatoms. The molecule has 2 unspecified atom stereocenters. The maximum absolute atomic E-state index is 13.2. The molecule has 0 radical (unpaired) electrons. The van der Waals surface area contributed by atoms with E-state index in [0.29, 0.717) is 12.1 Å². The van der Waals surface area contributed by atoms with Crippen molar-refractivity contribution in [3.8, 4) is 0 Å². The lowest BCUT2D eigenvalue weighted by atomic mass is 10.0. The highest BCUT2D eigenvalue weighted by Gasteiger charge is 2.26. The molecule has 102 valence electrons. The molecule has 1 aromatic carbocycles. The van der Waals surface area contributed by atoms with Gasteiger partial charge in [-0.2, -0.15) is 0 Å². The standard InChI is InChI=1S/C13H20FNO2S/c1-4-8-15-13(10(2)18(3,16)17)11-6-5-7-12(14)9-11/h5-7,9-10,13,15H,4,8H2,1-3H3. The third-order valence-electron chi connectivity index (χ3n) is 2.97. The van der Waals surface area contributed by atoms with Crippen LogP contribution in [0.3, 0.4) is 0 Å². The Morgan fingerprint density at radius 1 is 1.39 bits per heavy atom. The molecule has 0 saturated carbocycles. The van der Waals surface area contributed by atoms with Crippen LogP contribution in [0.4, 0.5) is 4.39 Å². The van der Waals surface area contributed by atoms with Crippen LogP contribution in [0.15, 0.2) is 24.3 Å². The van der Waals surface area contributed by atoms with Crippen LogP contribution >= 0.6 is 0 Å². The Labute approximate surface area is 108 Å². The summed E-state index contributed by atoms with van der Waals surface area (Å²) in [5.41, 5.74) is 0.668. The van der Waals surface area contributed by atoms with Crippen molar-refractivity contribution in [2.24, 2.45) is 0 Å². The summed E-state index contributed by atoms with van der Waals surface area (Å²) in [5.74, 6) is -0.350. The second kappa shape index (κ2) is 6.29. The SMILES string of the molecule is CCCNC(c1cccc(F)c1)C(C)S(C)(=O)=O. The molecular weight excluding hydrogens is 253 g/mol. The van der Waals surface area contributed by atoms with E-state index in [1.54, 1.807) is 19.1 Å². The van der Waals surface area contributed by atoms with E-state index < -0.39 is 15.1 Å². The van der Waals surface area contributed by atoms with Gasteiger partial charge in [0.25, 0.3) is 0 Å². The van der Waals surface area contributed by atoms with Crippen LogP contribution in [0.25, 0.3) is 0 Å². The zero-order valence-electron chi connectivity index (χ0n) is 11.0. The number of nitrogens with one attached hydrogen (secondary N) is 1. The highest BCUT2D eigenvalue weighted by atomic mass is 32.2. The molecule has 0 aliphatic carbocycles. The molecule has 0 spiro atoms. The van der Waals surface area contributed by atoms with E-state index >= 15 is 0 Å². The van der Waals surface area contributed by atoms with Gasteiger partial charge in [-0.05, 0) is 37.6 Å². The zero-order valence-corrected chi connectivity index (χ0v) is 11.8. The molecule has 0 fully saturated rings. The maximum Gasteiger partial charge on any atom is 0.151 e. The van der Waals surface area contributed by atoms with Crippen LogP contribution < -0.4 is 5.32 Å². The molecule has 0 amide bonds. The van der Waals surface area contributed by atoms with Crippen LogP contribution in [0.2, 0.25) is 0 Å². The summed E-state index contributed by atoms with van der Waals surface area (Å²) in [6, 6.07) is 5.70. The first-order valence-electron chi connectivity index (χ1n) is 6.04. The number of hydrogen-bond acceptors (Lipinski definition) is 3. The third kappa shape index (κ3) is 4.07. The molecule has 2 atom stereocenters. The molecule has 0 heterocycles. The van der Waals surface area contributed by atoms with Crippen molar-refractivity contribution in [2.75, 3.05) is 12.8 Å². The highest BCUT2D eigenvalue weighted by Crippen LogP contribution is 2.22. The van der Waals surface area contributed by atoms with Crippen LogP contribution in [-0.4, -0.2) is 26.5 Å². The predicted molar refractivity (Wildman–Crippen MR) is 71.7 cm³/mol. The Hall–Kier alpha value is -0.940. The van der Waals surface area contributed by atoms with Gasteiger partial charge < -0.3 is 5.32 Å². The number of halogens is 1. The maximum atomic E-state index is 13.2. The summed E-state index contributed by atoms with van der Waals surface area (Å²) in [5, 5.41) is 2.58. The second-order valence-electron chi connectivity index (χ2n) is 4.52. The quantitative estimate of drug-likeness (QED) is 0.865. The van der Waals surface area contributed by atoms with Crippen molar-refractivity contribution >= 4 is 9.84 Å². The van der Waals surface area contributed by atoms with Gasteiger partial charge in [0.2, 0.25) is 0 Å². The first-order valence-corrected chi connectivity index (χ1v) is 7.99. The lowest BCUT2D eigenvalue weighted by Crippen LogP contribution is -2.35. The van der Waals surface area contributed by atoms with Crippen molar-refractivity contribution in [1.29, 1.82) is 0 Å². The fraction of sp³-hybridized carbons (Fsp3) is 0.538. The van der Waals surface area contributed by atoms with Crippen molar-refractivity contribution in [3.05, 3.63) is 35.6 Å². The first kappa shape index (κ1) is 15.1. The first-order chi connectivity index (χ1) is 8.36. The fourth-order valence-corrected chi connectivity index (χ4v) is 2.55. The van der Waals surface area contributed by atoms with Gasteiger partial charge >= 0.3 is 0 Å². The minimum atomic E-state index is -3.18. The molecule has 1 aromatic rings. The fourth-order valence-electron chi connectivity index (χ4n) is 1.80. The van der Waals surface area contributed by atoms with Gasteiger partial charge in [-0.25, -0.2) is 12.8 Å². The van der Waals surface area contributed by atoms with Crippen LogP contribution in [0, 0.1) is 5.82 Å². The van der Waals surface area contributed by atoms with E-state index in [-0.39, 0.29) is 11.9 Å². The number of sulfone groups is 1. The van der Waals surface area contributed by atoms with Crippen molar-refractivity contribution in [2.45, 2.75) is 31.6 Å². The molecule has 1 rings (SSSR count). The minimum absolute atomic E-state index is 0.350. The zero-order chi connectivity index (χ0) is 13.8. The lowest BCUT2D eigenvalue weighted by Gasteiger charge is -2.24. The van der Waals surface area contributed by atoms with Crippen molar-refractivity contribution in [3.63, 3.8) is 0 Å². The normalized spacial score (nSPS) is 15.3. The van der Waals surface area contributed by atoms with Gasteiger partial charge in [0.15, 0.2) is 9.84 Å². The topological polar surface area (TPSA) is 46.2 Å². The molecule has 0 saturated heterocycles. The van der Waals surface area contributed by atoms with Crippen molar-refractivity contribution < 1.29 is 12.8 Å². The molecule has 0 aliphatic rings. The number of rotatable bonds is 6. The third-order valence-corrected chi connectivity index (χ3v) is 4.59. The summed E-state index contributed by atoms with van der Waals surface area (Å²) in [7, 11) is -3.18. The van der Waals surface area contributed by atoms with Crippen LogP contribution in [0.5, 0.6) is 0 Å². The second-order valence-corrected chi connectivity index (χ2v) is 6.92. The van der Waals surface area contributed by atoms with Gasteiger partial charge in [-0.1, -0.05) is 19.1 Å². The van der Waals surface area contributed by atoms with Gasteiger partial charge in [0.05, 0.1) is 5.25 Å². The minimum Gasteiger partial charge on any atom is -0.309 e. The molecule has 3 nitrogen and oxygen atoms in total. The Balaban J connectivity index is 3.05. The molecule has 18 heavy (non-hydrogen) atoms. The van der Waals surface area contributed by atoms with Crippen LogP contribution in [-0.2, 0) is 9.84 Å². The summed E-state index contributed by atoms with van der Waals surface area (Å²) in [6.45, 7) is 4.34. The largest absolute Gasteiger partial charge is 0.309 e. The molecular formula is C13H20FNO2S. The van der Waals surface area contributed by atoms with Gasteiger partial charge in [-0.3, -0.25) is 0 Å². The van der Waals surface area contributed by atoms with Crippen LogP contribution in [0.1, 0.15) is 31.9 Å². The highest BCUT2D eigenvalue weighted by molar-refractivity contribution is 7.91. The Bertz CT molecular complexity index is 488. The predicted octanol–water partition coefficient (Wildman–Crippen LogP) is 2.30. The Kier molecular flexibility index (Phi) is 5.28. The smallest absolute Gasteiger partial charge is 0.151 e. The van der Waals surface area contributed by atoms with Gasteiger partial charge in [0.1, 0.15) is 5.82 Å².